The van der Waals surface area contributed by atoms with Crippen molar-refractivity contribution < 1.29 is 9.53 Å². The minimum Gasteiger partial charge on any atom is -0.381 e. The van der Waals surface area contributed by atoms with Gasteiger partial charge in [-0.15, -0.1) is 24.0 Å². The molecule has 2 saturated heterocycles. The Morgan fingerprint density at radius 1 is 1.38 bits per heavy atom. The molecule has 2 fully saturated rings. The number of aliphatic imine (C=N–C) groups is 1. The van der Waals surface area contributed by atoms with Crippen LogP contribution < -0.4 is 11.1 Å². The summed E-state index contributed by atoms with van der Waals surface area (Å²) in [4.78, 5) is 20.8. The average molecular weight is 481 g/mol. The van der Waals surface area contributed by atoms with Gasteiger partial charge in [0.05, 0.1) is 6.54 Å². The van der Waals surface area contributed by atoms with Crippen LogP contribution in [0.15, 0.2) is 4.99 Å². The van der Waals surface area contributed by atoms with Gasteiger partial charge in [0.2, 0.25) is 5.91 Å². The number of halogens is 1. The molecule has 0 spiro atoms. The number of likely N-dealkylation sites (N-methyl/N-ethyl adjacent to an activating group) is 1. The number of likely N-dealkylation sites (tertiary alicyclic amines) is 1. The zero-order valence-electron chi connectivity index (χ0n) is 16.5. The minimum absolute atomic E-state index is 0. The molecule has 8 heteroatoms. The van der Waals surface area contributed by atoms with Crippen LogP contribution in [0.3, 0.4) is 0 Å². The smallest absolute Gasteiger partial charge is 0.217 e. The van der Waals surface area contributed by atoms with Crippen molar-refractivity contribution in [3.8, 4) is 0 Å². The van der Waals surface area contributed by atoms with Crippen molar-refractivity contribution in [2.24, 2.45) is 16.6 Å². The lowest BCUT2D eigenvalue weighted by Crippen LogP contribution is -2.52. The average Bonchev–Trinajstić information content (AvgIpc) is 2.59. The quantitative estimate of drug-likeness (QED) is 0.339. The molecule has 0 aromatic carbocycles. The van der Waals surface area contributed by atoms with Crippen molar-refractivity contribution in [2.75, 3.05) is 53.5 Å². The number of nitrogens with zero attached hydrogens (tertiary/aromatic N) is 3. The van der Waals surface area contributed by atoms with Crippen LogP contribution in [0, 0.1) is 5.92 Å². The van der Waals surface area contributed by atoms with Gasteiger partial charge in [-0.1, -0.05) is 0 Å². The Labute approximate surface area is 175 Å². The Kier molecular flexibility index (Phi) is 10.2. The van der Waals surface area contributed by atoms with Crippen LogP contribution in [-0.4, -0.2) is 80.7 Å². The van der Waals surface area contributed by atoms with E-state index in [4.69, 9.17) is 15.5 Å². The second-order valence-electron chi connectivity index (χ2n) is 7.53. The monoisotopic (exact) mass is 481 g/mol. The Balaban J connectivity index is 0.00000338. The summed E-state index contributed by atoms with van der Waals surface area (Å²) < 4.78 is 5.55. The van der Waals surface area contributed by atoms with Gasteiger partial charge in [0, 0.05) is 44.8 Å². The number of carbonyl (C=O) groups excluding carboxylic acids is 1. The molecule has 0 bridgehead atoms. The van der Waals surface area contributed by atoms with Gasteiger partial charge in [0.25, 0.3) is 0 Å². The fourth-order valence-corrected chi connectivity index (χ4v) is 3.85. The van der Waals surface area contributed by atoms with E-state index in [0.717, 1.165) is 71.0 Å². The van der Waals surface area contributed by atoms with Crippen molar-refractivity contribution in [3.05, 3.63) is 0 Å². The summed E-state index contributed by atoms with van der Waals surface area (Å²) in [6, 6.07) is 0. The van der Waals surface area contributed by atoms with Gasteiger partial charge < -0.3 is 25.6 Å². The lowest BCUT2D eigenvalue weighted by atomic mass is 9.89. The number of hydrogen-bond donors (Lipinski definition) is 2. The van der Waals surface area contributed by atoms with E-state index in [9.17, 15) is 4.79 Å². The Morgan fingerprint density at radius 3 is 2.65 bits per heavy atom. The Bertz CT molecular complexity index is 466. The third kappa shape index (κ3) is 6.53. The number of hydrogen-bond acceptors (Lipinski definition) is 4. The maximum atomic E-state index is 11.3. The summed E-state index contributed by atoms with van der Waals surface area (Å²) in [5.41, 5.74) is 5.46. The third-order valence-corrected chi connectivity index (χ3v) is 5.54. The van der Waals surface area contributed by atoms with E-state index in [1.54, 1.807) is 0 Å². The summed E-state index contributed by atoms with van der Waals surface area (Å²) in [5.74, 6) is 1.09. The minimum atomic E-state index is -0.206. The molecule has 0 radical (unpaired) electrons. The van der Waals surface area contributed by atoms with Crippen molar-refractivity contribution in [1.29, 1.82) is 0 Å². The molecule has 152 valence electrons. The van der Waals surface area contributed by atoms with Gasteiger partial charge in [0.15, 0.2) is 5.96 Å². The first-order chi connectivity index (χ1) is 12.0. The molecule has 2 aliphatic rings. The summed E-state index contributed by atoms with van der Waals surface area (Å²) in [6.45, 7) is 7.14. The number of ether oxygens (including phenoxy) is 1. The molecule has 0 aromatic heterocycles. The molecule has 7 nitrogen and oxygen atoms in total. The topological polar surface area (TPSA) is 83.2 Å². The lowest BCUT2D eigenvalue weighted by Gasteiger charge is -2.42. The molecule has 1 amide bonds. The summed E-state index contributed by atoms with van der Waals surface area (Å²) in [6.07, 6.45) is 4.63. The number of nitrogens with two attached hydrogens (primary N) is 1. The van der Waals surface area contributed by atoms with Crippen LogP contribution in [-0.2, 0) is 9.53 Å². The Morgan fingerprint density at radius 2 is 2.08 bits per heavy atom. The normalized spacial score (nSPS) is 23.5. The first-order valence-electron chi connectivity index (χ1n) is 9.53. The fourth-order valence-electron chi connectivity index (χ4n) is 3.85. The highest BCUT2D eigenvalue weighted by atomic mass is 127. The SMILES string of the molecule is CCNC(=NCC1(N(C)C)CCOCC1)N1CCCC(CC(N)=O)C1.I. The van der Waals surface area contributed by atoms with Crippen LogP contribution in [0.2, 0.25) is 0 Å². The number of nitrogens with one attached hydrogen (secondary N) is 1. The molecule has 3 N–H and O–H groups in total. The lowest BCUT2D eigenvalue weighted by molar-refractivity contribution is -0.119. The van der Waals surface area contributed by atoms with Gasteiger partial charge in [0.1, 0.15) is 0 Å². The number of amides is 1. The third-order valence-electron chi connectivity index (χ3n) is 5.54. The molecule has 0 saturated carbocycles. The van der Waals surface area contributed by atoms with Crippen LogP contribution in [0.5, 0.6) is 0 Å². The maximum absolute atomic E-state index is 11.3. The van der Waals surface area contributed by atoms with Crippen molar-refractivity contribution in [2.45, 2.75) is 44.6 Å². The number of guanidine groups is 1. The molecule has 1 unspecified atom stereocenters. The van der Waals surface area contributed by atoms with E-state index < -0.39 is 0 Å². The van der Waals surface area contributed by atoms with Gasteiger partial charge >= 0.3 is 0 Å². The first kappa shape index (κ1) is 23.4. The van der Waals surface area contributed by atoms with Crippen LogP contribution >= 0.6 is 24.0 Å². The standard InChI is InChI=1S/C18H35N5O2.HI/c1-4-20-17(23-9-5-6-15(13-23)12-16(19)24)21-14-18(22(2)3)7-10-25-11-8-18;/h15H,4-14H2,1-3H3,(H2,19,24)(H,20,21);1H. The molecule has 2 heterocycles. The van der Waals surface area contributed by atoms with E-state index in [1.807, 2.05) is 0 Å². The predicted octanol–water partition coefficient (Wildman–Crippen LogP) is 1.27. The molecule has 0 aromatic rings. The van der Waals surface area contributed by atoms with E-state index in [2.05, 4.69) is 36.1 Å². The highest BCUT2D eigenvalue weighted by molar-refractivity contribution is 14.0. The molecule has 0 aliphatic carbocycles. The zero-order valence-corrected chi connectivity index (χ0v) is 18.8. The summed E-state index contributed by atoms with van der Waals surface area (Å²) >= 11 is 0. The van der Waals surface area contributed by atoms with E-state index in [1.165, 1.54) is 0 Å². The molecular weight excluding hydrogens is 445 g/mol. The van der Waals surface area contributed by atoms with Crippen LogP contribution in [0.1, 0.15) is 39.0 Å². The maximum Gasteiger partial charge on any atom is 0.217 e. The zero-order chi connectivity index (χ0) is 18.3. The summed E-state index contributed by atoms with van der Waals surface area (Å²) in [5, 5.41) is 3.43. The molecule has 26 heavy (non-hydrogen) atoms. The van der Waals surface area contributed by atoms with Gasteiger partial charge in [-0.25, -0.2) is 0 Å². The molecule has 1 atom stereocenters. The highest BCUT2D eigenvalue weighted by Crippen LogP contribution is 2.26. The second-order valence-corrected chi connectivity index (χ2v) is 7.53. The molecule has 2 rings (SSSR count). The molecular formula is C18H36IN5O2. The largest absolute Gasteiger partial charge is 0.381 e. The number of carbonyl (C=O) groups is 1. The van der Waals surface area contributed by atoms with Crippen molar-refractivity contribution >= 4 is 35.8 Å². The Hall–Kier alpha value is -0.610. The van der Waals surface area contributed by atoms with E-state index >= 15 is 0 Å². The van der Waals surface area contributed by atoms with Gasteiger partial charge in [-0.3, -0.25) is 9.79 Å². The van der Waals surface area contributed by atoms with E-state index in [-0.39, 0.29) is 35.4 Å². The highest BCUT2D eigenvalue weighted by Gasteiger charge is 2.35. The van der Waals surface area contributed by atoms with Gasteiger partial charge in [-0.2, -0.15) is 0 Å². The predicted molar refractivity (Wildman–Crippen MR) is 116 cm³/mol. The number of rotatable bonds is 6. The van der Waals surface area contributed by atoms with Crippen LogP contribution in [0.4, 0.5) is 0 Å². The second kappa shape index (κ2) is 11.3. The van der Waals surface area contributed by atoms with Gasteiger partial charge in [-0.05, 0) is 52.6 Å². The first-order valence-corrected chi connectivity index (χ1v) is 9.53. The van der Waals surface area contributed by atoms with E-state index in [0.29, 0.717) is 12.3 Å². The number of piperidine rings is 1. The van der Waals surface area contributed by atoms with Crippen LogP contribution in [0.25, 0.3) is 0 Å². The van der Waals surface area contributed by atoms with Crippen molar-refractivity contribution in [3.63, 3.8) is 0 Å². The number of primary amides is 1. The fraction of sp³-hybridized carbons (Fsp3) is 0.889. The van der Waals surface area contributed by atoms with Crippen molar-refractivity contribution in [1.82, 2.24) is 15.1 Å². The summed E-state index contributed by atoms with van der Waals surface area (Å²) in [7, 11) is 4.27. The molecule has 2 aliphatic heterocycles.